The maximum Gasteiger partial charge on any atom is 0.126 e. The largest absolute Gasteiger partial charge is 0.327 e. The van der Waals surface area contributed by atoms with E-state index in [-0.39, 0.29) is 6.04 Å². The SMILES string of the molecule is NC(Cc1cc(F)cc(F)c1)Cc1ccc(Cl)c(Cl)c1. The Morgan fingerprint density at radius 1 is 0.850 bits per heavy atom. The maximum absolute atomic E-state index is 13.1. The highest BCUT2D eigenvalue weighted by Crippen LogP contribution is 2.23. The van der Waals surface area contributed by atoms with Gasteiger partial charge in [-0.15, -0.1) is 0 Å². The number of benzene rings is 2. The molecule has 0 aliphatic rings. The van der Waals surface area contributed by atoms with Gasteiger partial charge >= 0.3 is 0 Å². The van der Waals surface area contributed by atoms with E-state index in [1.54, 1.807) is 12.1 Å². The maximum atomic E-state index is 13.1. The lowest BCUT2D eigenvalue weighted by molar-refractivity contribution is 0.574. The summed E-state index contributed by atoms with van der Waals surface area (Å²) in [6.45, 7) is 0. The van der Waals surface area contributed by atoms with E-state index in [1.807, 2.05) is 6.07 Å². The average Bonchev–Trinajstić information content (AvgIpc) is 2.32. The smallest absolute Gasteiger partial charge is 0.126 e. The van der Waals surface area contributed by atoms with Crippen molar-refractivity contribution in [2.45, 2.75) is 18.9 Å². The standard InChI is InChI=1S/C15H13Cl2F2N/c16-14-2-1-9(7-15(14)17)5-13(20)6-10-3-11(18)8-12(19)4-10/h1-4,7-8,13H,5-6,20H2. The molecule has 0 fully saturated rings. The van der Waals surface area contributed by atoms with Crippen LogP contribution in [0.3, 0.4) is 0 Å². The molecule has 0 bridgehead atoms. The van der Waals surface area contributed by atoms with Crippen molar-refractivity contribution in [2.75, 3.05) is 0 Å². The number of hydrogen-bond acceptors (Lipinski definition) is 1. The molecule has 2 rings (SSSR count). The van der Waals surface area contributed by atoms with Crippen LogP contribution < -0.4 is 5.73 Å². The van der Waals surface area contributed by atoms with Gasteiger partial charge in [-0.25, -0.2) is 8.78 Å². The van der Waals surface area contributed by atoms with Gasteiger partial charge in [0, 0.05) is 12.1 Å². The first-order valence-electron chi connectivity index (χ1n) is 6.08. The molecule has 0 aliphatic carbocycles. The fourth-order valence-corrected chi connectivity index (χ4v) is 2.39. The van der Waals surface area contributed by atoms with E-state index in [0.717, 1.165) is 11.6 Å². The molecule has 1 atom stereocenters. The topological polar surface area (TPSA) is 26.0 Å². The normalized spacial score (nSPS) is 12.4. The number of rotatable bonds is 4. The molecule has 2 aromatic rings. The van der Waals surface area contributed by atoms with Gasteiger partial charge in [-0.3, -0.25) is 0 Å². The summed E-state index contributed by atoms with van der Waals surface area (Å²) in [7, 11) is 0. The molecule has 2 N–H and O–H groups in total. The zero-order valence-electron chi connectivity index (χ0n) is 10.5. The molecule has 0 saturated carbocycles. The Morgan fingerprint density at radius 2 is 1.45 bits per heavy atom. The second kappa shape index (κ2) is 6.53. The van der Waals surface area contributed by atoms with Crippen LogP contribution in [-0.4, -0.2) is 6.04 Å². The minimum Gasteiger partial charge on any atom is -0.327 e. The molecule has 0 heterocycles. The summed E-state index contributed by atoms with van der Waals surface area (Å²) in [5, 5.41) is 0.948. The van der Waals surface area contributed by atoms with Crippen molar-refractivity contribution in [1.29, 1.82) is 0 Å². The van der Waals surface area contributed by atoms with E-state index < -0.39 is 11.6 Å². The van der Waals surface area contributed by atoms with Crippen molar-refractivity contribution >= 4 is 23.2 Å². The fraction of sp³-hybridized carbons (Fsp3) is 0.200. The predicted molar refractivity (Wildman–Crippen MR) is 78.2 cm³/mol. The molecule has 106 valence electrons. The summed E-state index contributed by atoms with van der Waals surface area (Å²) in [6, 6.07) is 8.45. The van der Waals surface area contributed by atoms with Crippen LogP contribution in [0, 0.1) is 11.6 Å². The highest BCUT2D eigenvalue weighted by Gasteiger charge is 2.09. The third-order valence-corrected chi connectivity index (χ3v) is 3.64. The third kappa shape index (κ3) is 4.17. The van der Waals surface area contributed by atoms with Crippen LogP contribution in [0.2, 0.25) is 10.0 Å². The van der Waals surface area contributed by atoms with Gasteiger partial charge in [0.25, 0.3) is 0 Å². The highest BCUT2D eigenvalue weighted by molar-refractivity contribution is 6.42. The fourth-order valence-electron chi connectivity index (χ4n) is 2.07. The van der Waals surface area contributed by atoms with E-state index >= 15 is 0 Å². The Hall–Kier alpha value is -1.16. The molecule has 0 radical (unpaired) electrons. The Labute approximate surface area is 126 Å². The van der Waals surface area contributed by atoms with Crippen LogP contribution in [-0.2, 0) is 12.8 Å². The first kappa shape index (κ1) is 15.2. The highest BCUT2D eigenvalue weighted by atomic mass is 35.5. The van der Waals surface area contributed by atoms with Gasteiger partial charge in [0.1, 0.15) is 11.6 Å². The van der Waals surface area contributed by atoms with Crippen molar-refractivity contribution in [3.63, 3.8) is 0 Å². The zero-order chi connectivity index (χ0) is 14.7. The van der Waals surface area contributed by atoms with Crippen LogP contribution in [0.15, 0.2) is 36.4 Å². The lowest BCUT2D eigenvalue weighted by atomic mass is 9.99. The van der Waals surface area contributed by atoms with E-state index in [9.17, 15) is 8.78 Å². The second-order valence-corrected chi connectivity index (χ2v) is 5.51. The molecule has 2 aromatic carbocycles. The summed E-state index contributed by atoms with van der Waals surface area (Å²) in [4.78, 5) is 0. The van der Waals surface area contributed by atoms with Gasteiger partial charge in [-0.1, -0.05) is 29.3 Å². The van der Waals surface area contributed by atoms with E-state index in [1.165, 1.54) is 12.1 Å². The molecule has 0 aliphatic heterocycles. The lowest BCUT2D eigenvalue weighted by Gasteiger charge is -2.12. The van der Waals surface area contributed by atoms with Crippen molar-refractivity contribution in [3.05, 3.63) is 69.2 Å². The van der Waals surface area contributed by atoms with Crippen molar-refractivity contribution in [2.24, 2.45) is 5.73 Å². The van der Waals surface area contributed by atoms with Gasteiger partial charge < -0.3 is 5.73 Å². The lowest BCUT2D eigenvalue weighted by Crippen LogP contribution is -2.25. The second-order valence-electron chi connectivity index (χ2n) is 4.69. The first-order chi connectivity index (χ1) is 9.44. The summed E-state index contributed by atoms with van der Waals surface area (Å²) >= 11 is 11.8. The van der Waals surface area contributed by atoms with Crippen molar-refractivity contribution in [3.8, 4) is 0 Å². The Balaban J connectivity index is 2.04. The Bertz CT molecular complexity index is 597. The first-order valence-corrected chi connectivity index (χ1v) is 6.84. The van der Waals surface area contributed by atoms with Gasteiger partial charge in [-0.2, -0.15) is 0 Å². The van der Waals surface area contributed by atoms with Crippen molar-refractivity contribution in [1.82, 2.24) is 0 Å². The molecule has 1 unspecified atom stereocenters. The Morgan fingerprint density at radius 3 is 2.05 bits per heavy atom. The number of hydrogen-bond donors (Lipinski definition) is 1. The van der Waals surface area contributed by atoms with Crippen molar-refractivity contribution < 1.29 is 8.78 Å². The van der Waals surface area contributed by atoms with E-state index in [2.05, 4.69) is 0 Å². The molecule has 5 heteroatoms. The van der Waals surface area contributed by atoms with E-state index in [0.29, 0.717) is 28.5 Å². The zero-order valence-corrected chi connectivity index (χ0v) is 12.1. The average molecular weight is 316 g/mol. The Kier molecular flexibility index (Phi) is 4.97. The molecule has 0 spiro atoms. The van der Waals surface area contributed by atoms with Crippen LogP contribution in [0.25, 0.3) is 0 Å². The summed E-state index contributed by atoms with van der Waals surface area (Å²) < 4.78 is 26.2. The number of nitrogens with two attached hydrogens (primary N) is 1. The molecule has 0 amide bonds. The summed E-state index contributed by atoms with van der Waals surface area (Å²) in [5.74, 6) is -1.19. The number of halogens is 4. The molecular formula is C15H13Cl2F2N. The van der Waals surface area contributed by atoms with Gasteiger partial charge in [0.15, 0.2) is 0 Å². The molecule has 0 saturated heterocycles. The predicted octanol–water partition coefficient (Wildman–Crippen LogP) is 4.38. The quantitative estimate of drug-likeness (QED) is 0.890. The molecule has 20 heavy (non-hydrogen) atoms. The van der Waals surface area contributed by atoms with Crippen LogP contribution in [0.5, 0.6) is 0 Å². The molecule has 0 aromatic heterocycles. The minimum atomic E-state index is -0.596. The monoisotopic (exact) mass is 315 g/mol. The third-order valence-electron chi connectivity index (χ3n) is 2.90. The van der Waals surface area contributed by atoms with E-state index in [4.69, 9.17) is 28.9 Å². The van der Waals surface area contributed by atoms with Crippen LogP contribution >= 0.6 is 23.2 Å². The summed E-state index contributed by atoms with van der Waals surface area (Å²) in [6.07, 6.45) is 0.934. The molecular weight excluding hydrogens is 303 g/mol. The van der Waals surface area contributed by atoms with Gasteiger partial charge in [-0.05, 0) is 48.2 Å². The minimum absolute atomic E-state index is 0.256. The van der Waals surface area contributed by atoms with Gasteiger partial charge in [0.2, 0.25) is 0 Å². The van der Waals surface area contributed by atoms with Crippen LogP contribution in [0.4, 0.5) is 8.78 Å². The van der Waals surface area contributed by atoms with Crippen LogP contribution in [0.1, 0.15) is 11.1 Å². The summed E-state index contributed by atoms with van der Waals surface area (Å²) in [5.41, 5.74) is 7.48. The van der Waals surface area contributed by atoms with Gasteiger partial charge in [0.05, 0.1) is 10.0 Å². The molecule has 1 nitrogen and oxygen atoms in total.